The van der Waals surface area contributed by atoms with Crippen LogP contribution in [0, 0.1) is 0 Å². The van der Waals surface area contributed by atoms with E-state index >= 15 is 0 Å². The van der Waals surface area contributed by atoms with Crippen LogP contribution in [0.3, 0.4) is 0 Å². The normalized spacial score (nSPS) is 19.9. The first-order valence-electron chi connectivity index (χ1n) is 12.0. The predicted molar refractivity (Wildman–Crippen MR) is 131 cm³/mol. The maximum Gasteiger partial charge on any atom is 0.229 e. The lowest BCUT2D eigenvalue weighted by Crippen LogP contribution is -2.44. The molecule has 6 rings (SSSR count). The van der Waals surface area contributed by atoms with E-state index in [-0.39, 0.29) is 5.54 Å². The van der Waals surface area contributed by atoms with E-state index in [4.69, 9.17) is 31.5 Å². The number of nitrogens with zero attached hydrogens (tertiary/aromatic N) is 6. The number of rotatable bonds is 6. The molecule has 0 atom stereocenters. The van der Waals surface area contributed by atoms with Gasteiger partial charge in [-0.15, -0.1) is 0 Å². The summed E-state index contributed by atoms with van der Waals surface area (Å²) in [6.45, 7) is 6.39. The van der Waals surface area contributed by atoms with Crippen LogP contribution >= 0.6 is 11.6 Å². The second kappa shape index (κ2) is 8.66. The van der Waals surface area contributed by atoms with Gasteiger partial charge in [0.25, 0.3) is 0 Å². The minimum Gasteiger partial charge on any atom is -0.355 e. The second-order valence-electron chi connectivity index (χ2n) is 9.23. The number of benzene rings is 1. The first-order valence-corrected chi connectivity index (χ1v) is 12.3. The maximum atomic E-state index is 6.77. The third-order valence-corrected chi connectivity index (χ3v) is 7.20. The van der Waals surface area contributed by atoms with Crippen LogP contribution in [0.4, 0.5) is 11.8 Å². The summed E-state index contributed by atoms with van der Waals surface area (Å²) < 4.78 is 0. The van der Waals surface area contributed by atoms with E-state index < -0.39 is 0 Å². The van der Waals surface area contributed by atoms with Crippen LogP contribution in [0.2, 0.25) is 5.15 Å². The van der Waals surface area contributed by atoms with E-state index in [1.165, 1.54) is 18.4 Å². The van der Waals surface area contributed by atoms with Gasteiger partial charge in [0.1, 0.15) is 5.69 Å². The average molecular weight is 465 g/mol. The Morgan fingerprint density at radius 3 is 2.39 bits per heavy atom. The fourth-order valence-corrected chi connectivity index (χ4v) is 5.16. The van der Waals surface area contributed by atoms with Gasteiger partial charge in [-0.25, -0.2) is 9.97 Å². The van der Waals surface area contributed by atoms with E-state index in [9.17, 15) is 0 Å². The third kappa shape index (κ3) is 4.11. The molecule has 2 saturated heterocycles. The predicted octanol–water partition coefficient (Wildman–Crippen LogP) is 2.86. The molecule has 4 heterocycles. The summed E-state index contributed by atoms with van der Waals surface area (Å²) in [5.41, 5.74) is 3.18. The highest BCUT2D eigenvalue weighted by molar-refractivity contribution is 6.30. The summed E-state index contributed by atoms with van der Waals surface area (Å²) in [5.74, 6) is 1.62. The molecular formula is C24H29ClN8. The van der Waals surface area contributed by atoms with Crippen molar-refractivity contribution in [3.63, 3.8) is 0 Å². The van der Waals surface area contributed by atoms with Gasteiger partial charge < -0.3 is 20.4 Å². The molecule has 3 aliphatic rings. The fourth-order valence-electron chi connectivity index (χ4n) is 4.85. The lowest BCUT2D eigenvalue weighted by molar-refractivity contribution is 0.505. The lowest BCUT2D eigenvalue weighted by atomic mass is 10.1. The number of hydrogen-bond acceptors (Lipinski definition) is 8. The quantitative estimate of drug-likeness (QED) is 0.576. The molecule has 8 nitrogen and oxygen atoms in total. The summed E-state index contributed by atoms with van der Waals surface area (Å²) in [7, 11) is 0. The van der Waals surface area contributed by atoms with Crippen molar-refractivity contribution in [2.45, 2.75) is 37.8 Å². The van der Waals surface area contributed by atoms with Crippen molar-refractivity contribution in [2.24, 2.45) is 0 Å². The van der Waals surface area contributed by atoms with Crippen molar-refractivity contribution in [2.75, 3.05) is 49.1 Å². The smallest absolute Gasteiger partial charge is 0.229 e. The monoisotopic (exact) mass is 464 g/mol. The molecule has 0 radical (unpaired) electrons. The Labute approximate surface area is 198 Å². The van der Waals surface area contributed by atoms with Crippen LogP contribution < -0.4 is 20.4 Å². The molecule has 3 fully saturated rings. The maximum absolute atomic E-state index is 6.77. The fraction of sp³-hybridized carbons (Fsp3) is 0.500. The Hall–Kier alpha value is -2.55. The summed E-state index contributed by atoms with van der Waals surface area (Å²) in [6, 6.07) is 10.4. The van der Waals surface area contributed by atoms with E-state index in [0.717, 1.165) is 76.1 Å². The molecule has 0 spiro atoms. The van der Waals surface area contributed by atoms with E-state index in [1.807, 2.05) is 6.07 Å². The van der Waals surface area contributed by atoms with Gasteiger partial charge in [-0.1, -0.05) is 41.9 Å². The summed E-state index contributed by atoms with van der Waals surface area (Å²) in [6.07, 6.45) is 4.32. The van der Waals surface area contributed by atoms with Gasteiger partial charge in [0.05, 0.1) is 5.54 Å². The molecule has 0 unspecified atom stereocenters. The van der Waals surface area contributed by atoms with Crippen molar-refractivity contribution < 1.29 is 0 Å². The zero-order chi connectivity index (χ0) is 22.3. The first-order chi connectivity index (χ1) is 16.2. The number of nitrogens with one attached hydrogen (secondary N) is 2. The van der Waals surface area contributed by atoms with Crippen molar-refractivity contribution in [1.82, 2.24) is 30.6 Å². The summed E-state index contributed by atoms with van der Waals surface area (Å²) in [5, 5.41) is 7.56. The molecule has 1 saturated carbocycles. The van der Waals surface area contributed by atoms with Gasteiger partial charge >= 0.3 is 0 Å². The minimum absolute atomic E-state index is 0.234. The number of hydrogen-bond donors (Lipinski definition) is 2. The topological polar surface area (TPSA) is 82.1 Å². The second-order valence-corrected chi connectivity index (χ2v) is 9.59. The van der Waals surface area contributed by atoms with Gasteiger partial charge in [-0.05, 0) is 31.2 Å². The van der Waals surface area contributed by atoms with Crippen molar-refractivity contribution in [1.29, 1.82) is 0 Å². The average Bonchev–Trinajstić information content (AvgIpc) is 3.45. The van der Waals surface area contributed by atoms with Crippen LogP contribution in [0.15, 0.2) is 30.3 Å². The molecule has 0 amide bonds. The molecule has 172 valence electrons. The van der Waals surface area contributed by atoms with Crippen LogP contribution in [0.1, 0.15) is 36.9 Å². The molecular weight excluding hydrogens is 436 g/mol. The van der Waals surface area contributed by atoms with Gasteiger partial charge in [-0.2, -0.15) is 9.97 Å². The number of piperazine rings is 1. The minimum atomic E-state index is -0.234. The number of fused-ring (bicyclic) bond motifs is 1. The van der Waals surface area contributed by atoms with Crippen LogP contribution in [0.5, 0.6) is 0 Å². The molecule has 1 aromatic carbocycles. The van der Waals surface area contributed by atoms with E-state index in [1.54, 1.807) is 0 Å². The van der Waals surface area contributed by atoms with Crippen molar-refractivity contribution in [3.8, 4) is 0 Å². The highest BCUT2D eigenvalue weighted by Gasteiger charge is 2.47. The van der Waals surface area contributed by atoms with E-state index in [0.29, 0.717) is 16.3 Å². The Morgan fingerprint density at radius 1 is 0.909 bits per heavy atom. The Morgan fingerprint density at radius 2 is 1.67 bits per heavy atom. The molecule has 1 aliphatic carbocycles. The highest BCUT2D eigenvalue weighted by Crippen LogP contribution is 2.47. The molecule has 2 aromatic heterocycles. The molecule has 2 aliphatic heterocycles. The summed E-state index contributed by atoms with van der Waals surface area (Å²) in [4.78, 5) is 24.3. The number of aromatic nitrogens is 4. The Balaban J connectivity index is 1.39. The third-order valence-electron chi connectivity index (χ3n) is 6.94. The number of anilines is 2. The SMILES string of the molecule is Clc1nc2c(N3CCCC3)nc(N3CCNCC3)nc2nc1C1(NCc2ccccc2)CC1. The zero-order valence-corrected chi connectivity index (χ0v) is 19.5. The molecule has 3 aromatic rings. The molecule has 9 heteroatoms. The number of halogens is 1. The van der Waals surface area contributed by atoms with Gasteiger partial charge in [-0.3, -0.25) is 0 Å². The van der Waals surface area contributed by atoms with E-state index in [2.05, 4.69) is 44.7 Å². The Bertz CT molecular complexity index is 1140. The molecule has 0 bridgehead atoms. The van der Waals surface area contributed by atoms with Gasteiger partial charge in [0.2, 0.25) is 5.95 Å². The molecule has 33 heavy (non-hydrogen) atoms. The van der Waals surface area contributed by atoms with Gasteiger partial charge in [0, 0.05) is 45.8 Å². The standard InChI is InChI=1S/C24H29ClN8/c25-20-19(24(8-9-24)27-16-17-6-2-1-3-7-17)29-21-18(28-20)22(32-12-4-5-13-32)31-23(30-21)33-14-10-26-11-15-33/h1-3,6-7,26-27H,4-5,8-16H2. The summed E-state index contributed by atoms with van der Waals surface area (Å²) >= 11 is 6.77. The van der Waals surface area contributed by atoms with Crippen molar-refractivity contribution in [3.05, 3.63) is 46.7 Å². The van der Waals surface area contributed by atoms with Crippen molar-refractivity contribution >= 4 is 34.5 Å². The largest absolute Gasteiger partial charge is 0.355 e. The molecule has 2 N–H and O–H groups in total. The highest BCUT2D eigenvalue weighted by atomic mass is 35.5. The lowest BCUT2D eigenvalue weighted by Gasteiger charge is -2.29. The Kier molecular flexibility index (Phi) is 5.52. The van der Waals surface area contributed by atoms with Gasteiger partial charge in [0.15, 0.2) is 22.1 Å². The van der Waals surface area contributed by atoms with Crippen LogP contribution in [0.25, 0.3) is 11.2 Å². The van der Waals surface area contributed by atoms with Crippen LogP contribution in [-0.2, 0) is 12.1 Å². The zero-order valence-electron chi connectivity index (χ0n) is 18.7. The van der Waals surface area contributed by atoms with Crippen LogP contribution in [-0.4, -0.2) is 59.2 Å². The first kappa shape index (κ1) is 21.0.